The van der Waals surface area contributed by atoms with Crippen molar-refractivity contribution in [3.8, 4) is 5.88 Å². The summed E-state index contributed by atoms with van der Waals surface area (Å²) < 4.78 is 7.74. The van der Waals surface area contributed by atoms with Gasteiger partial charge in [0.15, 0.2) is 0 Å². The maximum Gasteiger partial charge on any atom is 0.331 e. The van der Waals surface area contributed by atoms with E-state index in [0.717, 1.165) is 4.57 Å². The van der Waals surface area contributed by atoms with Gasteiger partial charge in [-0.15, -0.1) is 0 Å². The van der Waals surface area contributed by atoms with Crippen molar-refractivity contribution in [2.45, 2.75) is 16.6 Å². The minimum Gasteiger partial charge on any atom is -0.479 e. The normalized spacial score (nSPS) is 12.9. The summed E-state index contributed by atoms with van der Waals surface area (Å²) in [6.45, 7) is 0.278. The number of nitrogens with one attached hydrogen (secondary N) is 1. The molecule has 1 N–H and O–H groups in total. The van der Waals surface area contributed by atoms with Crippen LogP contribution in [0.5, 0.6) is 5.88 Å². The summed E-state index contributed by atoms with van der Waals surface area (Å²) in [5.41, 5.74) is 0.462. The van der Waals surface area contributed by atoms with Crippen LogP contribution in [0.4, 0.5) is 5.69 Å². The lowest BCUT2D eigenvalue weighted by molar-refractivity contribution is 0.397. The lowest BCUT2D eigenvalue weighted by Gasteiger charge is -2.11. The molecule has 1 aliphatic rings. The van der Waals surface area contributed by atoms with E-state index < -0.39 is 0 Å². The molecule has 1 aliphatic heterocycles. The number of rotatable bonds is 1. The van der Waals surface area contributed by atoms with Crippen molar-refractivity contribution >= 4 is 17.4 Å². The highest BCUT2D eigenvalue weighted by molar-refractivity contribution is 7.99. The largest absolute Gasteiger partial charge is 0.479 e. The molecule has 0 atom stereocenters. The van der Waals surface area contributed by atoms with Crippen molar-refractivity contribution in [1.82, 2.24) is 19.1 Å². The smallest absolute Gasteiger partial charge is 0.331 e. The molecular formula is C12H13N5O3S. The minimum atomic E-state index is -0.365. The number of nitrogens with zero attached hydrogens (tertiary/aromatic N) is 4. The molecule has 0 spiro atoms. The van der Waals surface area contributed by atoms with E-state index in [1.807, 2.05) is 0 Å². The van der Waals surface area contributed by atoms with Crippen molar-refractivity contribution < 1.29 is 4.74 Å². The molecule has 0 amide bonds. The summed E-state index contributed by atoms with van der Waals surface area (Å²) >= 11 is 1.25. The molecule has 0 bridgehead atoms. The van der Waals surface area contributed by atoms with Gasteiger partial charge in [-0.05, 0) is 11.8 Å². The summed E-state index contributed by atoms with van der Waals surface area (Å²) in [5.74, 6) is 0.405. The van der Waals surface area contributed by atoms with E-state index >= 15 is 0 Å². The van der Waals surface area contributed by atoms with Crippen molar-refractivity contribution in [1.29, 1.82) is 0 Å². The Labute approximate surface area is 123 Å². The number of hydrogen-bond acceptors (Lipinski definition) is 7. The number of methoxy groups -OCH3 is 1. The van der Waals surface area contributed by atoms with Crippen LogP contribution in [0.3, 0.4) is 0 Å². The Morgan fingerprint density at radius 3 is 2.76 bits per heavy atom. The highest BCUT2D eigenvalue weighted by atomic mass is 32.2. The summed E-state index contributed by atoms with van der Waals surface area (Å²) in [6.07, 6.45) is 1.39. The van der Waals surface area contributed by atoms with Crippen molar-refractivity contribution in [3.63, 3.8) is 0 Å². The van der Waals surface area contributed by atoms with Crippen LogP contribution in [0.25, 0.3) is 0 Å². The zero-order valence-corrected chi connectivity index (χ0v) is 12.5. The first kappa shape index (κ1) is 13.7. The van der Waals surface area contributed by atoms with E-state index in [2.05, 4.69) is 15.3 Å². The third-order valence-electron chi connectivity index (χ3n) is 3.31. The highest BCUT2D eigenvalue weighted by Crippen LogP contribution is 2.38. The minimum absolute atomic E-state index is 0.278. The molecule has 0 aliphatic carbocycles. The third kappa shape index (κ3) is 2.00. The molecule has 0 radical (unpaired) electrons. The fourth-order valence-electron chi connectivity index (χ4n) is 2.18. The first-order valence-electron chi connectivity index (χ1n) is 6.14. The predicted molar refractivity (Wildman–Crippen MR) is 77.0 cm³/mol. The lowest BCUT2D eigenvalue weighted by Crippen LogP contribution is -2.40. The van der Waals surface area contributed by atoms with Crippen LogP contribution in [-0.4, -0.2) is 26.2 Å². The second kappa shape index (κ2) is 4.92. The number of aromatic nitrogens is 4. The van der Waals surface area contributed by atoms with Crippen LogP contribution >= 0.6 is 11.8 Å². The summed E-state index contributed by atoms with van der Waals surface area (Å²) in [7, 11) is 4.62. The van der Waals surface area contributed by atoms with Crippen LogP contribution in [0.2, 0.25) is 0 Å². The van der Waals surface area contributed by atoms with Gasteiger partial charge in [-0.2, -0.15) is 4.98 Å². The Bertz CT molecular complexity index is 842. The second-order valence-electron chi connectivity index (χ2n) is 4.51. The quantitative estimate of drug-likeness (QED) is 0.739. The Balaban J connectivity index is 2.26. The summed E-state index contributed by atoms with van der Waals surface area (Å²) in [5, 5.41) is 4.31. The molecule has 0 fully saturated rings. The van der Waals surface area contributed by atoms with Gasteiger partial charge in [0.05, 0.1) is 17.7 Å². The molecular weight excluding hydrogens is 294 g/mol. The van der Waals surface area contributed by atoms with Crippen LogP contribution in [0.1, 0.15) is 5.56 Å². The Kier molecular flexibility index (Phi) is 3.20. The predicted octanol–water partition coefficient (Wildman–Crippen LogP) is -0.0407. The SMILES string of the molecule is COc1ncnc2c1NCc1c(n(C)c(=O)n(C)c1=O)S2. The average Bonchev–Trinajstić information content (AvgIpc) is 2.70. The molecule has 110 valence electrons. The van der Waals surface area contributed by atoms with E-state index in [0.29, 0.717) is 27.2 Å². The van der Waals surface area contributed by atoms with Crippen molar-refractivity contribution in [2.24, 2.45) is 14.1 Å². The van der Waals surface area contributed by atoms with E-state index in [1.54, 1.807) is 7.05 Å². The molecule has 21 heavy (non-hydrogen) atoms. The van der Waals surface area contributed by atoms with Crippen LogP contribution in [0.15, 0.2) is 26.0 Å². The van der Waals surface area contributed by atoms with Gasteiger partial charge in [-0.25, -0.2) is 9.78 Å². The van der Waals surface area contributed by atoms with E-state index in [1.165, 1.54) is 36.8 Å². The Hall–Kier alpha value is -2.29. The van der Waals surface area contributed by atoms with Gasteiger partial charge in [0.25, 0.3) is 5.56 Å². The zero-order chi connectivity index (χ0) is 15.1. The Morgan fingerprint density at radius 1 is 1.29 bits per heavy atom. The number of ether oxygens (including phenoxy) is 1. The summed E-state index contributed by atoms with van der Waals surface area (Å²) in [4.78, 5) is 32.5. The number of hydrogen-bond donors (Lipinski definition) is 1. The first-order chi connectivity index (χ1) is 10.0. The molecule has 9 heteroatoms. The molecule has 0 saturated heterocycles. The molecule has 0 unspecified atom stereocenters. The van der Waals surface area contributed by atoms with Crippen molar-refractivity contribution in [3.05, 3.63) is 32.7 Å². The van der Waals surface area contributed by atoms with E-state index in [-0.39, 0.29) is 17.8 Å². The third-order valence-corrected chi connectivity index (χ3v) is 4.52. The van der Waals surface area contributed by atoms with Gasteiger partial charge in [-0.1, -0.05) is 0 Å². The van der Waals surface area contributed by atoms with Gasteiger partial charge in [0.1, 0.15) is 17.0 Å². The van der Waals surface area contributed by atoms with E-state index in [9.17, 15) is 9.59 Å². The lowest BCUT2D eigenvalue weighted by atomic mass is 10.3. The van der Waals surface area contributed by atoms with Gasteiger partial charge >= 0.3 is 5.69 Å². The van der Waals surface area contributed by atoms with E-state index in [4.69, 9.17) is 4.74 Å². The van der Waals surface area contributed by atoms with Crippen molar-refractivity contribution in [2.75, 3.05) is 12.4 Å². The second-order valence-corrected chi connectivity index (χ2v) is 5.49. The first-order valence-corrected chi connectivity index (χ1v) is 6.95. The molecule has 3 rings (SSSR count). The highest BCUT2D eigenvalue weighted by Gasteiger charge is 2.24. The average molecular weight is 307 g/mol. The molecule has 8 nitrogen and oxygen atoms in total. The van der Waals surface area contributed by atoms with Crippen LogP contribution < -0.4 is 21.3 Å². The molecule has 0 saturated carbocycles. The monoisotopic (exact) mass is 307 g/mol. The maximum absolute atomic E-state index is 12.3. The zero-order valence-electron chi connectivity index (χ0n) is 11.7. The summed E-state index contributed by atoms with van der Waals surface area (Å²) in [6, 6.07) is 0. The van der Waals surface area contributed by atoms with Crippen LogP contribution in [-0.2, 0) is 20.6 Å². The fourth-order valence-corrected chi connectivity index (χ4v) is 3.22. The van der Waals surface area contributed by atoms with Gasteiger partial charge in [0.2, 0.25) is 5.88 Å². The van der Waals surface area contributed by atoms with Gasteiger partial charge < -0.3 is 10.1 Å². The number of fused-ring (bicyclic) bond motifs is 2. The molecule has 2 aromatic rings. The van der Waals surface area contributed by atoms with Crippen LogP contribution in [0, 0.1) is 0 Å². The number of anilines is 1. The Morgan fingerprint density at radius 2 is 2.05 bits per heavy atom. The molecule has 2 aromatic heterocycles. The topological polar surface area (TPSA) is 91.0 Å². The fraction of sp³-hybridized carbons (Fsp3) is 0.333. The molecule has 3 heterocycles. The molecule has 0 aromatic carbocycles. The standard InChI is InChI=1S/C12H13N5O3S/c1-16-10(18)6-4-13-7-8(20-3)14-5-15-9(7)21-11(6)17(2)12(16)19/h5,13H,4H2,1-3H3. The maximum atomic E-state index is 12.3. The van der Waals surface area contributed by atoms with Gasteiger partial charge in [0, 0.05) is 20.6 Å². The van der Waals surface area contributed by atoms with Gasteiger partial charge in [-0.3, -0.25) is 13.9 Å².